The predicted molar refractivity (Wildman–Crippen MR) is 97.9 cm³/mol. The molecular formula is C17H24BrN3O4. The first kappa shape index (κ1) is 19.5. The second-order valence-corrected chi connectivity index (χ2v) is 7.72. The Labute approximate surface area is 156 Å². The molecule has 25 heavy (non-hydrogen) atoms. The van der Waals surface area contributed by atoms with E-state index in [0.717, 1.165) is 5.69 Å². The van der Waals surface area contributed by atoms with E-state index in [1.807, 2.05) is 33.8 Å². The van der Waals surface area contributed by atoms with Gasteiger partial charge < -0.3 is 19.3 Å². The van der Waals surface area contributed by atoms with Crippen LogP contribution in [0.2, 0.25) is 0 Å². The molecule has 0 bridgehead atoms. The number of methoxy groups -OCH3 is 1. The number of carbonyl (C=O) groups is 2. The van der Waals surface area contributed by atoms with Crippen LogP contribution in [0, 0.1) is 0 Å². The van der Waals surface area contributed by atoms with E-state index in [1.54, 1.807) is 11.0 Å². The van der Waals surface area contributed by atoms with E-state index in [9.17, 15) is 9.59 Å². The molecule has 1 unspecified atom stereocenters. The summed E-state index contributed by atoms with van der Waals surface area (Å²) >= 11 is 3.42. The van der Waals surface area contributed by atoms with Crippen LogP contribution in [0.15, 0.2) is 16.7 Å². The van der Waals surface area contributed by atoms with Gasteiger partial charge in [0.25, 0.3) is 0 Å². The van der Waals surface area contributed by atoms with Gasteiger partial charge in [0.1, 0.15) is 15.9 Å². The molecule has 0 saturated carbocycles. The topological polar surface area (TPSA) is 72.0 Å². The number of halogens is 1. The number of hydrogen-bond acceptors (Lipinski definition) is 6. The van der Waals surface area contributed by atoms with Gasteiger partial charge in [-0.3, -0.25) is 0 Å². The first-order valence-electron chi connectivity index (χ1n) is 8.12. The van der Waals surface area contributed by atoms with E-state index in [2.05, 4.69) is 30.6 Å². The second-order valence-electron chi connectivity index (χ2n) is 6.97. The minimum atomic E-state index is -0.509. The number of aromatic nitrogens is 1. The number of nitrogens with zero attached hydrogens (tertiary/aromatic N) is 3. The SMILES string of the molecule is COC(=O)c1ccc(N2CCN(C(=O)OC(C)(C)C)C(C)C2)c(Br)n1. The third-order valence-electron chi connectivity index (χ3n) is 3.82. The molecule has 138 valence electrons. The maximum Gasteiger partial charge on any atom is 0.410 e. The van der Waals surface area contributed by atoms with Gasteiger partial charge >= 0.3 is 12.1 Å². The molecule has 1 aromatic rings. The first-order chi connectivity index (χ1) is 11.6. The monoisotopic (exact) mass is 413 g/mol. The summed E-state index contributed by atoms with van der Waals surface area (Å²) in [6.45, 7) is 9.42. The molecule has 1 aliphatic heterocycles. The van der Waals surface area contributed by atoms with Crippen molar-refractivity contribution in [3.8, 4) is 0 Å². The third-order valence-corrected chi connectivity index (χ3v) is 4.40. The molecule has 0 spiro atoms. The second kappa shape index (κ2) is 7.59. The van der Waals surface area contributed by atoms with Crippen molar-refractivity contribution in [2.45, 2.75) is 39.3 Å². The fourth-order valence-corrected chi connectivity index (χ4v) is 3.22. The number of amides is 1. The van der Waals surface area contributed by atoms with Gasteiger partial charge in [-0.15, -0.1) is 0 Å². The third kappa shape index (κ3) is 4.84. The van der Waals surface area contributed by atoms with Crippen LogP contribution in [0.1, 0.15) is 38.2 Å². The number of pyridine rings is 1. The Morgan fingerprint density at radius 1 is 1.28 bits per heavy atom. The Bertz CT molecular complexity index is 660. The van der Waals surface area contributed by atoms with Crippen LogP contribution in [0.5, 0.6) is 0 Å². The molecule has 1 aliphatic rings. The van der Waals surface area contributed by atoms with E-state index in [1.165, 1.54) is 7.11 Å². The minimum absolute atomic E-state index is 0.00390. The minimum Gasteiger partial charge on any atom is -0.464 e. The fraction of sp³-hybridized carbons (Fsp3) is 0.588. The van der Waals surface area contributed by atoms with Gasteiger partial charge in [0.2, 0.25) is 0 Å². The van der Waals surface area contributed by atoms with Crippen molar-refractivity contribution < 1.29 is 19.1 Å². The van der Waals surface area contributed by atoms with E-state index in [-0.39, 0.29) is 17.8 Å². The molecule has 1 saturated heterocycles. The molecule has 1 fully saturated rings. The zero-order chi connectivity index (χ0) is 18.8. The highest BCUT2D eigenvalue weighted by molar-refractivity contribution is 9.10. The average molecular weight is 414 g/mol. The van der Waals surface area contributed by atoms with Crippen molar-refractivity contribution in [3.63, 3.8) is 0 Å². The molecule has 0 aromatic carbocycles. The van der Waals surface area contributed by atoms with E-state index >= 15 is 0 Å². The number of esters is 1. The highest BCUT2D eigenvalue weighted by atomic mass is 79.9. The molecule has 0 aliphatic carbocycles. The highest BCUT2D eigenvalue weighted by Crippen LogP contribution is 2.27. The maximum atomic E-state index is 12.3. The van der Waals surface area contributed by atoms with Gasteiger partial charge in [0.05, 0.1) is 12.8 Å². The number of anilines is 1. The van der Waals surface area contributed by atoms with Gasteiger partial charge in [0, 0.05) is 25.7 Å². The number of carbonyl (C=O) groups excluding carboxylic acids is 2. The lowest BCUT2D eigenvalue weighted by atomic mass is 10.1. The van der Waals surface area contributed by atoms with Gasteiger partial charge in [-0.2, -0.15) is 0 Å². The molecule has 7 nitrogen and oxygen atoms in total. The summed E-state index contributed by atoms with van der Waals surface area (Å²) in [5.74, 6) is -0.477. The number of rotatable bonds is 2. The van der Waals surface area contributed by atoms with Crippen molar-refractivity contribution in [2.24, 2.45) is 0 Å². The van der Waals surface area contributed by atoms with Crippen molar-refractivity contribution in [1.82, 2.24) is 9.88 Å². The predicted octanol–water partition coefficient (Wildman–Crippen LogP) is 3.08. The summed E-state index contributed by atoms with van der Waals surface area (Å²) < 4.78 is 10.7. The Balaban J connectivity index is 2.08. The number of ether oxygens (including phenoxy) is 2. The molecule has 8 heteroatoms. The summed E-state index contributed by atoms with van der Waals surface area (Å²) in [5, 5.41) is 0. The summed E-state index contributed by atoms with van der Waals surface area (Å²) in [6.07, 6.45) is -0.294. The Hall–Kier alpha value is -1.83. The normalized spacial score (nSPS) is 18.1. The largest absolute Gasteiger partial charge is 0.464 e. The summed E-state index contributed by atoms with van der Waals surface area (Å²) in [4.78, 5) is 32.0. The summed E-state index contributed by atoms with van der Waals surface area (Å²) in [6, 6.07) is 3.46. The number of hydrogen-bond donors (Lipinski definition) is 0. The van der Waals surface area contributed by atoms with Crippen molar-refractivity contribution in [2.75, 3.05) is 31.6 Å². The lowest BCUT2D eigenvalue weighted by Gasteiger charge is -2.41. The smallest absolute Gasteiger partial charge is 0.410 e. The molecule has 0 radical (unpaired) electrons. The first-order valence-corrected chi connectivity index (χ1v) is 8.91. The van der Waals surface area contributed by atoms with Crippen LogP contribution >= 0.6 is 15.9 Å². The van der Waals surface area contributed by atoms with Gasteiger partial charge in [0.15, 0.2) is 0 Å². The molecule has 1 amide bonds. The van der Waals surface area contributed by atoms with E-state index < -0.39 is 11.6 Å². The van der Waals surface area contributed by atoms with Crippen LogP contribution < -0.4 is 4.90 Å². The lowest BCUT2D eigenvalue weighted by molar-refractivity contribution is 0.0158. The molecule has 0 N–H and O–H groups in total. The maximum absolute atomic E-state index is 12.3. The average Bonchev–Trinajstić information content (AvgIpc) is 2.52. The van der Waals surface area contributed by atoms with Crippen molar-refractivity contribution >= 4 is 33.7 Å². The summed E-state index contributed by atoms with van der Waals surface area (Å²) in [5.41, 5.74) is 0.617. The highest BCUT2D eigenvalue weighted by Gasteiger charge is 2.31. The lowest BCUT2D eigenvalue weighted by Crippen LogP contribution is -2.55. The Morgan fingerprint density at radius 3 is 2.48 bits per heavy atom. The zero-order valence-electron chi connectivity index (χ0n) is 15.2. The fourth-order valence-electron chi connectivity index (χ4n) is 2.65. The molecule has 1 aromatic heterocycles. The molecular weight excluding hydrogens is 390 g/mol. The van der Waals surface area contributed by atoms with Crippen LogP contribution in [0.4, 0.5) is 10.5 Å². The quantitative estimate of drug-likeness (QED) is 0.547. The van der Waals surface area contributed by atoms with Crippen molar-refractivity contribution in [3.05, 3.63) is 22.4 Å². The number of piperazine rings is 1. The van der Waals surface area contributed by atoms with Gasteiger partial charge in [-0.25, -0.2) is 14.6 Å². The van der Waals surface area contributed by atoms with Crippen LogP contribution in [0.3, 0.4) is 0 Å². The van der Waals surface area contributed by atoms with Crippen LogP contribution in [-0.4, -0.2) is 60.3 Å². The standard InChI is InChI=1S/C17H24BrN3O4/c1-11-10-20(8-9-21(11)16(23)25-17(2,3)4)13-7-6-12(15(22)24-5)19-14(13)18/h6-7,11H,8-10H2,1-5H3. The van der Waals surface area contributed by atoms with E-state index in [0.29, 0.717) is 24.2 Å². The van der Waals surface area contributed by atoms with Crippen LogP contribution in [-0.2, 0) is 9.47 Å². The Kier molecular flexibility index (Phi) is 5.92. The molecule has 2 rings (SSSR count). The van der Waals surface area contributed by atoms with Gasteiger partial charge in [-0.1, -0.05) is 0 Å². The Morgan fingerprint density at radius 2 is 1.96 bits per heavy atom. The van der Waals surface area contributed by atoms with E-state index in [4.69, 9.17) is 4.74 Å². The van der Waals surface area contributed by atoms with Crippen LogP contribution in [0.25, 0.3) is 0 Å². The van der Waals surface area contributed by atoms with Gasteiger partial charge in [-0.05, 0) is 55.8 Å². The van der Waals surface area contributed by atoms with Crippen molar-refractivity contribution in [1.29, 1.82) is 0 Å². The molecule has 2 heterocycles. The zero-order valence-corrected chi connectivity index (χ0v) is 16.8. The summed E-state index contributed by atoms with van der Waals surface area (Å²) in [7, 11) is 1.32. The molecule has 1 atom stereocenters.